The van der Waals surface area contributed by atoms with E-state index in [0.717, 1.165) is 31.4 Å². The Bertz CT molecular complexity index is 350. The molecule has 2 rings (SSSR count). The molecule has 88 valence electrons. The van der Waals surface area contributed by atoms with Gasteiger partial charge in [-0.05, 0) is 37.0 Å². The van der Waals surface area contributed by atoms with E-state index in [9.17, 15) is 0 Å². The first-order valence-electron chi connectivity index (χ1n) is 5.94. The Hall–Kier alpha value is -0.730. The van der Waals surface area contributed by atoms with Gasteiger partial charge >= 0.3 is 0 Å². The lowest BCUT2D eigenvalue weighted by Gasteiger charge is -2.09. The Morgan fingerprint density at radius 2 is 2.25 bits per heavy atom. The van der Waals surface area contributed by atoms with Crippen molar-refractivity contribution in [2.75, 3.05) is 6.61 Å². The first kappa shape index (κ1) is 11.7. The molecule has 0 aromatic heterocycles. The molecule has 1 aromatic rings. The number of hydrogen-bond acceptors (Lipinski definition) is 2. The molecule has 0 spiro atoms. The molecular weight excluding hydrogens is 222 g/mol. The van der Waals surface area contributed by atoms with Gasteiger partial charge in [-0.2, -0.15) is 0 Å². The third-order valence-corrected chi connectivity index (χ3v) is 2.93. The molecule has 0 atom stereocenters. The Kier molecular flexibility index (Phi) is 4.08. The van der Waals surface area contributed by atoms with E-state index in [1.807, 2.05) is 12.1 Å². The van der Waals surface area contributed by atoms with Gasteiger partial charge in [-0.15, -0.1) is 0 Å². The number of halogens is 1. The normalized spacial score (nSPS) is 15.1. The SMILES string of the molecule is CCCOc1ccc(CNC2CC2)cc1Cl. The van der Waals surface area contributed by atoms with Gasteiger partial charge in [0.15, 0.2) is 0 Å². The highest BCUT2D eigenvalue weighted by molar-refractivity contribution is 6.32. The molecular formula is C13H18ClNO. The third-order valence-electron chi connectivity index (χ3n) is 2.63. The molecule has 0 unspecified atom stereocenters. The fourth-order valence-corrected chi connectivity index (χ4v) is 1.79. The highest BCUT2D eigenvalue weighted by Crippen LogP contribution is 2.26. The predicted octanol–water partition coefficient (Wildman–Crippen LogP) is 3.38. The zero-order valence-electron chi connectivity index (χ0n) is 9.63. The second-order valence-corrected chi connectivity index (χ2v) is 4.68. The molecule has 0 aliphatic heterocycles. The molecule has 1 fully saturated rings. The zero-order chi connectivity index (χ0) is 11.4. The van der Waals surface area contributed by atoms with E-state index in [1.165, 1.54) is 18.4 Å². The van der Waals surface area contributed by atoms with Crippen molar-refractivity contribution in [2.45, 2.75) is 38.8 Å². The fraction of sp³-hybridized carbons (Fsp3) is 0.538. The topological polar surface area (TPSA) is 21.3 Å². The summed E-state index contributed by atoms with van der Waals surface area (Å²) in [5, 5.41) is 4.17. The number of rotatable bonds is 6. The average Bonchev–Trinajstić information content (AvgIpc) is 3.09. The number of ether oxygens (including phenoxy) is 1. The van der Waals surface area contributed by atoms with Crippen LogP contribution in [0.2, 0.25) is 5.02 Å². The molecule has 1 saturated carbocycles. The summed E-state index contributed by atoms with van der Waals surface area (Å²) in [7, 11) is 0. The van der Waals surface area contributed by atoms with Gasteiger partial charge < -0.3 is 10.1 Å². The third kappa shape index (κ3) is 3.39. The Morgan fingerprint density at radius 3 is 2.88 bits per heavy atom. The maximum absolute atomic E-state index is 6.14. The summed E-state index contributed by atoms with van der Waals surface area (Å²) in [6, 6.07) is 6.76. The quantitative estimate of drug-likeness (QED) is 0.822. The van der Waals surface area contributed by atoms with Gasteiger partial charge in [0.2, 0.25) is 0 Å². The van der Waals surface area contributed by atoms with E-state index in [0.29, 0.717) is 5.02 Å². The summed E-state index contributed by atoms with van der Waals surface area (Å²) >= 11 is 6.14. The zero-order valence-corrected chi connectivity index (χ0v) is 10.4. The van der Waals surface area contributed by atoms with Crippen LogP contribution in [0.25, 0.3) is 0 Å². The molecule has 2 nitrogen and oxygen atoms in total. The molecule has 1 aliphatic rings. The Morgan fingerprint density at radius 1 is 1.44 bits per heavy atom. The van der Waals surface area contributed by atoms with Gasteiger partial charge in [0, 0.05) is 12.6 Å². The highest BCUT2D eigenvalue weighted by Gasteiger charge is 2.19. The number of hydrogen-bond donors (Lipinski definition) is 1. The van der Waals surface area contributed by atoms with Crippen LogP contribution in [0.3, 0.4) is 0 Å². The van der Waals surface area contributed by atoms with Crippen LogP contribution in [-0.2, 0) is 6.54 Å². The molecule has 0 radical (unpaired) electrons. The molecule has 0 saturated heterocycles. The molecule has 1 aromatic carbocycles. The second-order valence-electron chi connectivity index (χ2n) is 4.27. The van der Waals surface area contributed by atoms with Crippen LogP contribution >= 0.6 is 11.6 Å². The van der Waals surface area contributed by atoms with Crippen molar-refractivity contribution in [3.63, 3.8) is 0 Å². The van der Waals surface area contributed by atoms with Gasteiger partial charge in [0.25, 0.3) is 0 Å². The summed E-state index contributed by atoms with van der Waals surface area (Å²) in [4.78, 5) is 0. The van der Waals surface area contributed by atoms with Crippen molar-refractivity contribution in [2.24, 2.45) is 0 Å². The lowest BCUT2D eigenvalue weighted by atomic mass is 10.2. The van der Waals surface area contributed by atoms with Gasteiger partial charge in [0.05, 0.1) is 11.6 Å². The van der Waals surface area contributed by atoms with E-state index >= 15 is 0 Å². The van der Waals surface area contributed by atoms with Gasteiger partial charge in [-0.25, -0.2) is 0 Å². The maximum Gasteiger partial charge on any atom is 0.137 e. The minimum absolute atomic E-state index is 0.712. The largest absolute Gasteiger partial charge is 0.492 e. The van der Waals surface area contributed by atoms with Gasteiger partial charge in [0.1, 0.15) is 5.75 Å². The second kappa shape index (κ2) is 5.55. The lowest BCUT2D eigenvalue weighted by Crippen LogP contribution is -2.15. The number of benzene rings is 1. The van der Waals surface area contributed by atoms with Crippen molar-refractivity contribution in [1.29, 1.82) is 0 Å². The summed E-state index contributed by atoms with van der Waals surface area (Å²) in [6.45, 7) is 3.71. The molecule has 16 heavy (non-hydrogen) atoms. The highest BCUT2D eigenvalue weighted by atomic mass is 35.5. The van der Waals surface area contributed by atoms with Crippen LogP contribution in [0.5, 0.6) is 5.75 Å². The smallest absolute Gasteiger partial charge is 0.137 e. The lowest BCUT2D eigenvalue weighted by molar-refractivity contribution is 0.317. The van der Waals surface area contributed by atoms with E-state index in [2.05, 4.69) is 18.3 Å². The average molecular weight is 240 g/mol. The minimum atomic E-state index is 0.712. The van der Waals surface area contributed by atoms with Crippen molar-refractivity contribution in [3.05, 3.63) is 28.8 Å². The van der Waals surface area contributed by atoms with E-state index in [-0.39, 0.29) is 0 Å². The van der Waals surface area contributed by atoms with E-state index < -0.39 is 0 Å². The van der Waals surface area contributed by atoms with Crippen LogP contribution in [0.15, 0.2) is 18.2 Å². The van der Waals surface area contributed by atoms with Crippen molar-refractivity contribution >= 4 is 11.6 Å². The Balaban J connectivity index is 1.91. The van der Waals surface area contributed by atoms with Crippen LogP contribution in [-0.4, -0.2) is 12.6 Å². The number of nitrogens with one attached hydrogen (secondary N) is 1. The van der Waals surface area contributed by atoms with Crippen molar-refractivity contribution in [1.82, 2.24) is 5.32 Å². The monoisotopic (exact) mass is 239 g/mol. The van der Waals surface area contributed by atoms with Gasteiger partial charge in [-0.1, -0.05) is 24.6 Å². The standard InChI is InChI=1S/C13H18ClNO/c1-2-7-16-13-6-3-10(8-12(13)14)9-15-11-4-5-11/h3,6,8,11,15H,2,4-5,7,9H2,1H3. The molecule has 0 amide bonds. The maximum atomic E-state index is 6.14. The molecule has 0 bridgehead atoms. The van der Waals surface area contributed by atoms with Crippen molar-refractivity contribution < 1.29 is 4.74 Å². The van der Waals surface area contributed by atoms with Gasteiger partial charge in [-0.3, -0.25) is 0 Å². The first-order valence-corrected chi connectivity index (χ1v) is 6.32. The van der Waals surface area contributed by atoms with Crippen LogP contribution in [0, 0.1) is 0 Å². The van der Waals surface area contributed by atoms with Crippen molar-refractivity contribution in [3.8, 4) is 5.75 Å². The first-order chi connectivity index (χ1) is 7.79. The molecule has 3 heteroatoms. The molecule has 1 aliphatic carbocycles. The summed E-state index contributed by atoms with van der Waals surface area (Å²) in [5.41, 5.74) is 1.22. The molecule has 0 heterocycles. The predicted molar refractivity (Wildman–Crippen MR) is 67.1 cm³/mol. The van der Waals surface area contributed by atoms with E-state index in [1.54, 1.807) is 0 Å². The van der Waals surface area contributed by atoms with Crippen LogP contribution in [0.1, 0.15) is 31.7 Å². The van der Waals surface area contributed by atoms with Crippen LogP contribution < -0.4 is 10.1 Å². The summed E-state index contributed by atoms with van der Waals surface area (Å²) in [5.74, 6) is 0.790. The Labute approximate surface area is 102 Å². The summed E-state index contributed by atoms with van der Waals surface area (Å²) in [6.07, 6.45) is 3.62. The fourth-order valence-electron chi connectivity index (χ4n) is 1.53. The van der Waals surface area contributed by atoms with E-state index in [4.69, 9.17) is 16.3 Å². The minimum Gasteiger partial charge on any atom is -0.492 e. The molecule has 1 N–H and O–H groups in total. The van der Waals surface area contributed by atoms with Crippen LogP contribution in [0.4, 0.5) is 0 Å². The summed E-state index contributed by atoms with van der Waals surface area (Å²) < 4.78 is 5.53.